The van der Waals surface area contributed by atoms with Gasteiger partial charge in [0.15, 0.2) is 5.69 Å². The lowest BCUT2D eigenvalue weighted by atomic mass is 10.2. The van der Waals surface area contributed by atoms with Crippen LogP contribution >= 0.6 is 0 Å². The van der Waals surface area contributed by atoms with E-state index in [0.717, 1.165) is 25.7 Å². The SMILES string of the molecule is O=C(Nc1c[nH]nc1C(=O)NC1CCCC1)c1ccccc1. The molecule has 0 spiro atoms. The summed E-state index contributed by atoms with van der Waals surface area (Å²) in [6.45, 7) is 0. The number of aromatic nitrogens is 2. The molecule has 3 N–H and O–H groups in total. The van der Waals surface area contributed by atoms with E-state index in [1.54, 1.807) is 24.3 Å². The minimum Gasteiger partial charge on any atom is -0.348 e. The standard InChI is InChI=1S/C16H18N4O2/c21-15(11-6-2-1-3-7-11)19-13-10-17-20-14(13)16(22)18-12-8-4-5-9-12/h1-3,6-7,10,12H,4-5,8-9H2,(H,17,20)(H,18,22)(H,19,21). The second-order valence-electron chi connectivity index (χ2n) is 5.42. The Bertz CT molecular complexity index is 660. The molecule has 1 aliphatic carbocycles. The monoisotopic (exact) mass is 298 g/mol. The van der Waals surface area contributed by atoms with Gasteiger partial charge in [-0.15, -0.1) is 0 Å². The molecule has 0 atom stereocenters. The molecular weight excluding hydrogens is 280 g/mol. The number of anilines is 1. The fourth-order valence-corrected chi connectivity index (χ4v) is 2.67. The highest BCUT2D eigenvalue weighted by molar-refractivity contribution is 6.08. The van der Waals surface area contributed by atoms with Crippen LogP contribution in [-0.4, -0.2) is 28.1 Å². The Balaban J connectivity index is 1.69. The third-order valence-corrected chi connectivity index (χ3v) is 3.83. The highest BCUT2D eigenvalue weighted by Crippen LogP contribution is 2.19. The molecule has 1 aromatic carbocycles. The number of benzene rings is 1. The van der Waals surface area contributed by atoms with E-state index in [4.69, 9.17) is 0 Å². The fraction of sp³-hybridized carbons (Fsp3) is 0.312. The van der Waals surface area contributed by atoms with Gasteiger partial charge in [0.1, 0.15) is 0 Å². The molecule has 0 aliphatic heterocycles. The molecule has 6 nitrogen and oxygen atoms in total. The second-order valence-corrected chi connectivity index (χ2v) is 5.42. The van der Waals surface area contributed by atoms with Crippen LogP contribution in [0, 0.1) is 0 Å². The summed E-state index contributed by atoms with van der Waals surface area (Å²) < 4.78 is 0. The Morgan fingerprint density at radius 3 is 2.55 bits per heavy atom. The van der Waals surface area contributed by atoms with Gasteiger partial charge < -0.3 is 10.6 Å². The van der Waals surface area contributed by atoms with E-state index in [1.807, 2.05) is 6.07 Å². The predicted molar refractivity (Wildman–Crippen MR) is 82.7 cm³/mol. The van der Waals surface area contributed by atoms with Crippen LogP contribution in [0.2, 0.25) is 0 Å². The van der Waals surface area contributed by atoms with Gasteiger partial charge in [0.05, 0.1) is 5.69 Å². The molecule has 3 rings (SSSR count). The average Bonchev–Trinajstić information content (AvgIpc) is 3.19. The van der Waals surface area contributed by atoms with E-state index in [1.165, 1.54) is 6.20 Å². The maximum atomic E-state index is 12.3. The molecule has 1 aliphatic rings. The molecule has 1 aromatic heterocycles. The number of nitrogens with zero attached hydrogens (tertiary/aromatic N) is 1. The van der Waals surface area contributed by atoms with Gasteiger partial charge in [-0.25, -0.2) is 0 Å². The van der Waals surface area contributed by atoms with E-state index in [0.29, 0.717) is 11.3 Å². The minimum absolute atomic E-state index is 0.210. The zero-order valence-corrected chi connectivity index (χ0v) is 12.1. The summed E-state index contributed by atoms with van der Waals surface area (Å²) in [5.41, 5.74) is 1.14. The highest BCUT2D eigenvalue weighted by Gasteiger charge is 2.22. The topological polar surface area (TPSA) is 86.9 Å². The van der Waals surface area contributed by atoms with E-state index in [-0.39, 0.29) is 23.6 Å². The predicted octanol–water partition coefficient (Wildman–Crippen LogP) is 2.33. The van der Waals surface area contributed by atoms with Gasteiger partial charge in [-0.1, -0.05) is 31.0 Å². The number of amides is 2. The van der Waals surface area contributed by atoms with Gasteiger partial charge in [-0.05, 0) is 25.0 Å². The zero-order chi connectivity index (χ0) is 15.4. The van der Waals surface area contributed by atoms with Crippen LogP contribution in [-0.2, 0) is 0 Å². The van der Waals surface area contributed by atoms with Crippen molar-refractivity contribution < 1.29 is 9.59 Å². The third kappa shape index (κ3) is 3.16. The molecule has 22 heavy (non-hydrogen) atoms. The number of aromatic amines is 1. The molecule has 0 radical (unpaired) electrons. The molecule has 0 saturated heterocycles. The van der Waals surface area contributed by atoms with Crippen molar-refractivity contribution in [2.45, 2.75) is 31.7 Å². The van der Waals surface area contributed by atoms with Crippen molar-refractivity contribution in [2.75, 3.05) is 5.32 Å². The van der Waals surface area contributed by atoms with Crippen LogP contribution < -0.4 is 10.6 Å². The Morgan fingerprint density at radius 2 is 1.82 bits per heavy atom. The lowest BCUT2D eigenvalue weighted by Gasteiger charge is -2.11. The Kier molecular flexibility index (Phi) is 4.18. The van der Waals surface area contributed by atoms with E-state index >= 15 is 0 Å². The van der Waals surface area contributed by atoms with Gasteiger partial charge >= 0.3 is 0 Å². The van der Waals surface area contributed by atoms with Crippen molar-refractivity contribution in [1.29, 1.82) is 0 Å². The number of carbonyl (C=O) groups is 2. The molecule has 2 aromatic rings. The number of hydrogen-bond donors (Lipinski definition) is 3. The number of hydrogen-bond acceptors (Lipinski definition) is 3. The first-order chi connectivity index (χ1) is 10.7. The van der Waals surface area contributed by atoms with Gasteiger partial charge in [0, 0.05) is 17.8 Å². The van der Waals surface area contributed by atoms with Crippen molar-refractivity contribution >= 4 is 17.5 Å². The summed E-state index contributed by atoms with van der Waals surface area (Å²) in [5, 5.41) is 12.3. The lowest BCUT2D eigenvalue weighted by molar-refractivity contribution is 0.0933. The maximum Gasteiger partial charge on any atom is 0.274 e. The van der Waals surface area contributed by atoms with Crippen LogP contribution in [0.1, 0.15) is 46.5 Å². The summed E-state index contributed by atoms with van der Waals surface area (Å²) >= 11 is 0. The maximum absolute atomic E-state index is 12.3. The first kappa shape index (κ1) is 14.3. The van der Waals surface area contributed by atoms with Crippen LogP contribution in [0.5, 0.6) is 0 Å². The Hall–Kier alpha value is -2.63. The molecular formula is C16H18N4O2. The smallest absolute Gasteiger partial charge is 0.274 e. The Morgan fingerprint density at radius 1 is 1.09 bits per heavy atom. The lowest BCUT2D eigenvalue weighted by Crippen LogP contribution is -2.33. The summed E-state index contributed by atoms with van der Waals surface area (Å²) in [6, 6.07) is 9.06. The minimum atomic E-state index is -0.267. The summed E-state index contributed by atoms with van der Waals surface area (Å²) in [5.74, 6) is -0.520. The van der Waals surface area contributed by atoms with Crippen molar-refractivity contribution in [1.82, 2.24) is 15.5 Å². The molecule has 2 amide bonds. The molecule has 0 bridgehead atoms. The van der Waals surface area contributed by atoms with E-state index < -0.39 is 0 Å². The Labute approximate surface area is 128 Å². The zero-order valence-electron chi connectivity index (χ0n) is 12.1. The molecule has 1 fully saturated rings. The van der Waals surface area contributed by atoms with Crippen molar-refractivity contribution in [3.8, 4) is 0 Å². The number of rotatable bonds is 4. The molecule has 114 valence electrons. The van der Waals surface area contributed by atoms with Crippen molar-refractivity contribution in [3.05, 3.63) is 47.8 Å². The number of carbonyl (C=O) groups excluding carboxylic acids is 2. The van der Waals surface area contributed by atoms with Crippen molar-refractivity contribution in [2.24, 2.45) is 0 Å². The van der Waals surface area contributed by atoms with E-state index in [2.05, 4.69) is 20.8 Å². The summed E-state index contributed by atoms with van der Waals surface area (Å²) in [4.78, 5) is 24.4. The molecule has 1 saturated carbocycles. The number of H-pyrrole nitrogens is 1. The van der Waals surface area contributed by atoms with E-state index in [9.17, 15) is 9.59 Å². The normalized spacial score (nSPS) is 14.7. The van der Waals surface area contributed by atoms with Gasteiger partial charge in [0.2, 0.25) is 0 Å². The molecule has 0 unspecified atom stereocenters. The molecule has 1 heterocycles. The summed E-state index contributed by atoms with van der Waals surface area (Å²) in [7, 11) is 0. The number of nitrogens with one attached hydrogen (secondary N) is 3. The van der Waals surface area contributed by atoms with Crippen LogP contribution in [0.4, 0.5) is 5.69 Å². The summed E-state index contributed by atoms with van der Waals surface area (Å²) in [6.07, 6.45) is 5.81. The van der Waals surface area contributed by atoms with Gasteiger partial charge in [0.25, 0.3) is 11.8 Å². The van der Waals surface area contributed by atoms with Crippen LogP contribution in [0.15, 0.2) is 36.5 Å². The third-order valence-electron chi connectivity index (χ3n) is 3.83. The second kappa shape index (κ2) is 6.43. The molecule has 6 heteroatoms. The van der Waals surface area contributed by atoms with Gasteiger partial charge in [-0.3, -0.25) is 14.7 Å². The fourth-order valence-electron chi connectivity index (χ4n) is 2.67. The van der Waals surface area contributed by atoms with Crippen molar-refractivity contribution in [3.63, 3.8) is 0 Å². The largest absolute Gasteiger partial charge is 0.348 e. The highest BCUT2D eigenvalue weighted by atomic mass is 16.2. The van der Waals surface area contributed by atoms with Crippen LogP contribution in [0.25, 0.3) is 0 Å². The quantitative estimate of drug-likeness (QED) is 0.809. The van der Waals surface area contributed by atoms with Crippen LogP contribution in [0.3, 0.4) is 0 Å². The average molecular weight is 298 g/mol. The first-order valence-electron chi connectivity index (χ1n) is 7.45. The first-order valence-corrected chi connectivity index (χ1v) is 7.45. The van der Waals surface area contributed by atoms with Gasteiger partial charge in [-0.2, -0.15) is 5.10 Å².